The minimum absolute atomic E-state index is 0.445. The van der Waals surface area contributed by atoms with Crippen molar-refractivity contribution in [2.45, 2.75) is 26.2 Å². The van der Waals surface area contributed by atoms with Crippen LogP contribution in [0.3, 0.4) is 0 Å². The van der Waals surface area contributed by atoms with Gasteiger partial charge in [-0.2, -0.15) is 0 Å². The van der Waals surface area contributed by atoms with Crippen LogP contribution in [0.25, 0.3) is 0 Å². The standard InChI is InChI=1S/C12H17NO2/c1-4-9(2)10-6-5-7-11(8-10)13(3)12(14)15/h5-9H,4H2,1-3H3,(H,14,15)/p-1. The Morgan fingerprint density at radius 3 is 2.73 bits per heavy atom. The summed E-state index contributed by atoms with van der Waals surface area (Å²) in [4.78, 5) is 11.8. The van der Waals surface area contributed by atoms with Gasteiger partial charge < -0.3 is 14.8 Å². The molecule has 82 valence electrons. The molecule has 3 heteroatoms. The Labute approximate surface area is 90.3 Å². The zero-order chi connectivity index (χ0) is 11.4. The molecule has 15 heavy (non-hydrogen) atoms. The molecule has 0 aliphatic rings. The largest absolute Gasteiger partial charge is 0.530 e. The van der Waals surface area contributed by atoms with Gasteiger partial charge in [0.2, 0.25) is 0 Å². The van der Waals surface area contributed by atoms with Crippen LogP contribution in [0, 0.1) is 0 Å². The van der Waals surface area contributed by atoms with E-state index in [0.717, 1.165) is 16.9 Å². The third kappa shape index (κ3) is 2.72. The molecule has 1 unspecified atom stereocenters. The fraction of sp³-hybridized carbons (Fsp3) is 0.417. The topological polar surface area (TPSA) is 43.4 Å². The van der Waals surface area contributed by atoms with E-state index in [9.17, 15) is 9.90 Å². The van der Waals surface area contributed by atoms with Crippen LogP contribution >= 0.6 is 0 Å². The SMILES string of the molecule is CCC(C)c1cccc(N(C)C(=O)[O-])c1. The lowest BCUT2D eigenvalue weighted by Crippen LogP contribution is -2.38. The molecular formula is C12H16NO2-. The summed E-state index contributed by atoms with van der Waals surface area (Å²) in [5.74, 6) is 0.445. The highest BCUT2D eigenvalue weighted by Gasteiger charge is 2.06. The quantitative estimate of drug-likeness (QED) is 0.759. The van der Waals surface area contributed by atoms with Gasteiger partial charge in [-0.05, 0) is 30.0 Å². The van der Waals surface area contributed by atoms with Gasteiger partial charge in [-0.15, -0.1) is 0 Å². The molecule has 1 aromatic rings. The van der Waals surface area contributed by atoms with E-state index in [0.29, 0.717) is 11.6 Å². The summed E-state index contributed by atoms with van der Waals surface area (Å²) < 4.78 is 0. The van der Waals surface area contributed by atoms with Gasteiger partial charge >= 0.3 is 0 Å². The first-order valence-corrected chi connectivity index (χ1v) is 5.11. The third-order valence-corrected chi connectivity index (χ3v) is 2.71. The molecule has 0 aromatic heterocycles. The van der Waals surface area contributed by atoms with E-state index < -0.39 is 6.09 Å². The number of amides is 1. The summed E-state index contributed by atoms with van der Waals surface area (Å²) in [6, 6.07) is 7.54. The Morgan fingerprint density at radius 1 is 1.53 bits per heavy atom. The van der Waals surface area contributed by atoms with Crippen molar-refractivity contribution < 1.29 is 9.90 Å². The highest BCUT2D eigenvalue weighted by Crippen LogP contribution is 2.23. The van der Waals surface area contributed by atoms with Crippen LogP contribution in [-0.2, 0) is 0 Å². The van der Waals surface area contributed by atoms with E-state index in [1.807, 2.05) is 18.2 Å². The summed E-state index contributed by atoms with van der Waals surface area (Å²) in [7, 11) is 1.49. The number of hydrogen-bond donors (Lipinski definition) is 0. The number of carbonyl (C=O) groups is 1. The van der Waals surface area contributed by atoms with E-state index in [2.05, 4.69) is 13.8 Å². The van der Waals surface area contributed by atoms with Gasteiger partial charge in [-0.3, -0.25) is 0 Å². The summed E-state index contributed by atoms with van der Waals surface area (Å²) in [6.07, 6.45) is -0.144. The molecule has 1 atom stereocenters. The van der Waals surface area contributed by atoms with Crippen LogP contribution in [0.2, 0.25) is 0 Å². The second kappa shape index (κ2) is 4.82. The summed E-state index contributed by atoms with van der Waals surface area (Å²) in [5.41, 5.74) is 1.82. The fourth-order valence-electron chi connectivity index (χ4n) is 1.38. The normalized spacial score (nSPS) is 12.2. The Hall–Kier alpha value is -1.51. The molecule has 0 fully saturated rings. The zero-order valence-corrected chi connectivity index (χ0v) is 9.36. The number of hydrogen-bond acceptors (Lipinski definition) is 2. The van der Waals surface area contributed by atoms with Crippen LogP contribution in [-0.4, -0.2) is 13.1 Å². The number of carboxylic acid groups (broad SMARTS) is 1. The first-order chi connectivity index (χ1) is 7.06. The number of anilines is 1. The average Bonchev–Trinajstić information content (AvgIpc) is 2.27. The van der Waals surface area contributed by atoms with Crippen LogP contribution < -0.4 is 10.0 Å². The molecule has 0 saturated heterocycles. The molecule has 0 bridgehead atoms. The Morgan fingerprint density at radius 2 is 2.20 bits per heavy atom. The lowest BCUT2D eigenvalue weighted by molar-refractivity contribution is -0.246. The monoisotopic (exact) mass is 206 g/mol. The molecular weight excluding hydrogens is 190 g/mol. The molecule has 1 aromatic carbocycles. The lowest BCUT2D eigenvalue weighted by Gasteiger charge is -2.21. The highest BCUT2D eigenvalue weighted by atomic mass is 16.4. The third-order valence-electron chi connectivity index (χ3n) is 2.71. The Kier molecular flexibility index (Phi) is 3.72. The molecule has 0 aliphatic carbocycles. The minimum Gasteiger partial charge on any atom is -0.530 e. The fourth-order valence-corrected chi connectivity index (χ4v) is 1.38. The van der Waals surface area contributed by atoms with E-state index in [1.54, 1.807) is 6.07 Å². The predicted octanol–water partition coefficient (Wildman–Crippen LogP) is 1.98. The smallest absolute Gasteiger partial charge is 0.141 e. The van der Waals surface area contributed by atoms with Crippen LogP contribution in [0.1, 0.15) is 31.7 Å². The van der Waals surface area contributed by atoms with Gasteiger partial charge in [0, 0.05) is 12.7 Å². The van der Waals surface area contributed by atoms with Crippen molar-refractivity contribution >= 4 is 11.8 Å². The van der Waals surface area contributed by atoms with Crippen LogP contribution in [0.5, 0.6) is 0 Å². The van der Waals surface area contributed by atoms with Gasteiger partial charge in [0.1, 0.15) is 6.09 Å². The van der Waals surface area contributed by atoms with Crippen molar-refractivity contribution in [3.8, 4) is 0 Å². The molecule has 0 spiro atoms. The van der Waals surface area contributed by atoms with Gasteiger partial charge in [-0.25, -0.2) is 0 Å². The van der Waals surface area contributed by atoms with E-state index in [4.69, 9.17) is 0 Å². The number of rotatable bonds is 3. The molecule has 0 N–H and O–H groups in total. The summed E-state index contributed by atoms with van der Waals surface area (Å²) in [6.45, 7) is 4.23. The van der Waals surface area contributed by atoms with Gasteiger partial charge in [0.25, 0.3) is 0 Å². The Balaban J connectivity index is 2.97. The lowest BCUT2D eigenvalue weighted by atomic mass is 9.98. The van der Waals surface area contributed by atoms with E-state index >= 15 is 0 Å². The summed E-state index contributed by atoms with van der Waals surface area (Å²) >= 11 is 0. The van der Waals surface area contributed by atoms with E-state index in [1.165, 1.54) is 7.05 Å². The first-order valence-electron chi connectivity index (χ1n) is 5.11. The molecule has 0 heterocycles. The van der Waals surface area contributed by atoms with Gasteiger partial charge in [0.05, 0.1) is 0 Å². The average molecular weight is 206 g/mol. The van der Waals surface area contributed by atoms with Crippen molar-refractivity contribution in [1.29, 1.82) is 0 Å². The van der Waals surface area contributed by atoms with Crippen molar-refractivity contribution in [2.75, 3.05) is 11.9 Å². The Bertz CT molecular complexity index is 349. The second-order valence-corrected chi connectivity index (χ2v) is 3.73. The number of carbonyl (C=O) groups excluding carboxylic acids is 1. The van der Waals surface area contributed by atoms with Crippen molar-refractivity contribution in [3.05, 3.63) is 29.8 Å². The minimum atomic E-state index is -1.18. The molecule has 1 rings (SSSR count). The zero-order valence-electron chi connectivity index (χ0n) is 9.36. The van der Waals surface area contributed by atoms with Crippen LogP contribution in [0.15, 0.2) is 24.3 Å². The maximum absolute atomic E-state index is 10.7. The van der Waals surface area contributed by atoms with Gasteiger partial charge in [0.15, 0.2) is 0 Å². The first kappa shape index (κ1) is 11.6. The van der Waals surface area contributed by atoms with Crippen molar-refractivity contribution in [2.24, 2.45) is 0 Å². The second-order valence-electron chi connectivity index (χ2n) is 3.73. The molecule has 0 aliphatic heterocycles. The predicted molar refractivity (Wildman–Crippen MR) is 58.9 cm³/mol. The number of nitrogens with zero attached hydrogens (tertiary/aromatic N) is 1. The number of benzene rings is 1. The molecule has 0 saturated carbocycles. The molecule has 3 nitrogen and oxygen atoms in total. The van der Waals surface area contributed by atoms with E-state index in [-0.39, 0.29) is 0 Å². The molecule has 0 radical (unpaired) electrons. The summed E-state index contributed by atoms with van der Waals surface area (Å²) in [5, 5.41) is 10.7. The van der Waals surface area contributed by atoms with Crippen molar-refractivity contribution in [3.63, 3.8) is 0 Å². The maximum Gasteiger partial charge on any atom is 0.141 e. The molecule has 1 amide bonds. The van der Waals surface area contributed by atoms with Crippen molar-refractivity contribution in [1.82, 2.24) is 0 Å². The highest BCUT2D eigenvalue weighted by molar-refractivity contribution is 5.83. The van der Waals surface area contributed by atoms with Crippen LogP contribution in [0.4, 0.5) is 10.5 Å². The maximum atomic E-state index is 10.7. The van der Waals surface area contributed by atoms with Gasteiger partial charge in [-0.1, -0.05) is 26.0 Å².